The van der Waals surface area contributed by atoms with Gasteiger partial charge in [-0.3, -0.25) is 4.79 Å². The predicted octanol–water partition coefficient (Wildman–Crippen LogP) is 2.92. The maximum absolute atomic E-state index is 12.8. The highest BCUT2D eigenvalue weighted by atomic mass is 16.5. The van der Waals surface area contributed by atoms with Crippen LogP contribution < -0.4 is 5.32 Å². The van der Waals surface area contributed by atoms with Crippen LogP contribution in [0.3, 0.4) is 0 Å². The van der Waals surface area contributed by atoms with Gasteiger partial charge in [-0.25, -0.2) is 9.97 Å². The minimum atomic E-state index is -0.0293. The molecule has 7 heteroatoms. The van der Waals surface area contributed by atoms with Crippen LogP contribution in [0.15, 0.2) is 23.0 Å². The molecule has 2 aromatic heterocycles. The van der Waals surface area contributed by atoms with Crippen LogP contribution >= 0.6 is 0 Å². The van der Waals surface area contributed by atoms with Crippen LogP contribution in [0.4, 0.5) is 11.6 Å². The van der Waals surface area contributed by atoms with E-state index in [1.54, 1.807) is 12.1 Å². The van der Waals surface area contributed by atoms with Crippen molar-refractivity contribution in [3.8, 4) is 0 Å². The van der Waals surface area contributed by atoms with E-state index >= 15 is 0 Å². The highest BCUT2D eigenvalue weighted by Crippen LogP contribution is 2.22. The molecule has 1 fully saturated rings. The number of hydrogen-bond acceptors (Lipinski definition) is 6. The zero-order chi connectivity index (χ0) is 16.2. The lowest BCUT2D eigenvalue weighted by Gasteiger charge is -2.35. The highest BCUT2D eigenvalue weighted by Gasteiger charge is 2.27. The van der Waals surface area contributed by atoms with Gasteiger partial charge in [-0.2, -0.15) is 0 Å². The number of anilines is 2. The number of piperidine rings is 1. The molecule has 0 aromatic carbocycles. The quantitative estimate of drug-likeness (QED) is 0.934. The van der Waals surface area contributed by atoms with Gasteiger partial charge in [0.15, 0.2) is 5.82 Å². The molecule has 1 aliphatic rings. The van der Waals surface area contributed by atoms with Crippen molar-refractivity contribution < 1.29 is 9.32 Å². The Morgan fingerprint density at radius 3 is 2.96 bits per heavy atom. The van der Waals surface area contributed by atoms with Crippen molar-refractivity contribution in [2.24, 2.45) is 0 Å². The molecule has 0 saturated carbocycles. The van der Waals surface area contributed by atoms with Gasteiger partial charge < -0.3 is 14.7 Å². The number of aryl methyl sites for hydroxylation is 1. The summed E-state index contributed by atoms with van der Waals surface area (Å²) in [5.74, 6) is 1.76. The monoisotopic (exact) mass is 315 g/mol. The van der Waals surface area contributed by atoms with Gasteiger partial charge in [0, 0.05) is 24.7 Å². The fourth-order valence-corrected chi connectivity index (χ4v) is 2.94. The summed E-state index contributed by atoms with van der Waals surface area (Å²) in [6, 6.07) is 3.73. The Morgan fingerprint density at radius 2 is 2.22 bits per heavy atom. The summed E-state index contributed by atoms with van der Waals surface area (Å²) >= 11 is 0. The zero-order valence-corrected chi connectivity index (χ0v) is 13.5. The molecule has 122 valence electrons. The number of carbonyl (C=O) groups is 1. The van der Waals surface area contributed by atoms with Crippen molar-refractivity contribution in [2.75, 3.05) is 11.9 Å². The van der Waals surface area contributed by atoms with Gasteiger partial charge >= 0.3 is 0 Å². The van der Waals surface area contributed by atoms with Crippen molar-refractivity contribution in [1.29, 1.82) is 0 Å². The molecule has 0 bridgehead atoms. The van der Waals surface area contributed by atoms with Gasteiger partial charge in [0.1, 0.15) is 23.6 Å². The Bertz CT molecular complexity index is 685. The molecule has 0 spiro atoms. The molecule has 7 nitrogen and oxygen atoms in total. The molecule has 3 heterocycles. The predicted molar refractivity (Wildman–Crippen MR) is 85.5 cm³/mol. The lowest BCUT2D eigenvalue weighted by Crippen LogP contribution is -2.43. The molecule has 3 rings (SSSR count). The average molecular weight is 315 g/mol. The van der Waals surface area contributed by atoms with E-state index in [0.29, 0.717) is 29.1 Å². The summed E-state index contributed by atoms with van der Waals surface area (Å²) < 4.78 is 5.01. The first kappa shape index (κ1) is 15.5. The fraction of sp³-hybridized carbons (Fsp3) is 0.500. The normalized spacial score (nSPS) is 18.0. The number of hydrogen-bond donors (Lipinski definition) is 1. The Balaban J connectivity index is 1.77. The number of carbonyl (C=O) groups excluding carboxylic acids is 1. The van der Waals surface area contributed by atoms with E-state index in [0.717, 1.165) is 25.8 Å². The van der Waals surface area contributed by atoms with Gasteiger partial charge in [-0.1, -0.05) is 12.1 Å². The summed E-state index contributed by atoms with van der Waals surface area (Å²) in [6.45, 7) is 4.73. The highest BCUT2D eigenvalue weighted by molar-refractivity contribution is 5.93. The van der Waals surface area contributed by atoms with E-state index in [1.165, 1.54) is 12.7 Å². The summed E-state index contributed by atoms with van der Waals surface area (Å²) in [4.78, 5) is 23.0. The van der Waals surface area contributed by atoms with Gasteiger partial charge in [0.2, 0.25) is 0 Å². The first-order valence-electron chi connectivity index (χ1n) is 8.00. The molecule has 0 aliphatic carbocycles. The van der Waals surface area contributed by atoms with Crippen molar-refractivity contribution in [2.45, 2.75) is 45.6 Å². The number of rotatable bonds is 4. The molecular weight excluding hydrogens is 294 g/mol. The van der Waals surface area contributed by atoms with Crippen molar-refractivity contribution in [1.82, 2.24) is 20.0 Å². The number of likely N-dealkylation sites (tertiary alicyclic amines) is 1. The molecule has 23 heavy (non-hydrogen) atoms. The van der Waals surface area contributed by atoms with Crippen molar-refractivity contribution in [3.63, 3.8) is 0 Å². The maximum Gasteiger partial charge on any atom is 0.272 e. The minimum absolute atomic E-state index is 0.0293. The van der Waals surface area contributed by atoms with E-state index < -0.39 is 0 Å². The second-order valence-electron chi connectivity index (χ2n) is 5.79. The first-order valence-corrected chi connectivity index (χ1v) is 8.00. The standard InChI is InChI=1S/C16H21N5O2/c1-3-12-6-4-5-7-21(12)16(22)13-9-14(18-10-17-13)19-15-8-11(2)23-20-15/h8-10,12H,3-7H2,1-2H3,(H,17,18,19,20). The van der Waals surface area contributed by atoms with Crippen LogP contribution in [0.5, 0.6) is 0 Å². The van der Waals surface area contributed by atoms with E-state index in [2.05, 4.69) is 27.4 Å². The van der Waals surface area contributed by atoms with Crippen LogP contribution in [0, 0.1) is 6.92 Å². The smallest absolute Gasteiger partial charge is 0.272 e. The maximum atomic E-state index is 12.8. The number of aromatic nitrogens is 3. The SMILES string of the molecule is CCC1CCCCN1C(=O)c1cc(Nc2cc(C)on2)ncn1. The van der Waals surface area contributed by atoms with Crippen LogP contribution in [-0.4, -0.2) is 38.5 Å². The van der Waals surface area contributed by atoms with Gasteiger partial charge in [0.25, 0.3) is 5.91 Å². The zero-order valence-electron chi connectivity index (χ0n) is 13.5. The van der Waals surface area contributed by atoms with Crippen LogP contribution in [0.2, 0.25) is 0 Å². The molecule has 1 saturated heterocycles. The van der Waals surface area contributed by atoms with Crippen LogP contribution in [-0.2, 0) is 0 Å². The molecule has 0 radical (unpaired) electrons. The fourth-order valence-electron chi connectivity index (χ4n) is 2.94. The van der Waals surface area contributed by atoms with Crippen molar-refractivity contribution in [3.05, 3.63) is 29.9 Å². The second kappa shape index (κ2) is 6.76. The van der Waals surface area contributed by atoms with E-state index in [9.17, 15) is 4.79 Å². The lowest BCUT2D eigenvalue weighted by molar-refractivity contribution is 0.0602. The van der Waals surface area contributed by atoms with Crippen LogP contribution in [0.1, 0.15) is 48.9 Å². The van der Waals surface area contributed by atoms with Gasteiger partial charge in [0.05, 0.1) is 0 Å². The summed E-state index contributed by atoms with van der Waals surface area (Å²) in [5.41, 5.74) is 0.406. The van der Waals surface area contributed by atoms with E-state index in [4.69, 9.17) is 4.52 Å². The Labute approximate surface area is 135 Å². The molecule has 2 aromatic rings. The molecule has 1 N–H and O–H groups in total. The van der Waals surface area contributed by atoms with Gasteiger partial charge in [-0.05, 0) is 32.6 Å². The Morgan fingerprint density at radius 1 is 1.35 bits per heavy atom. The first-order chi connectivity index (χ1) is 11.2. The van der Waals surface area contributed by atoms with E-state index in [1.807, 2.05) is 11.8 Å². The topological polar surface area (TPSA) is 84.2 Å². The summed E-state index contributed by atoms with van der Waals surface area (Å²) in [6.07, 6.45) is 5.67. The second-order valence-corrected chi connectivity index (χ2v) is 5.79. The molecule has 1 unspecified atom stereocenters. The summed E-state index contributed by atoms with van der Waals surface area (Å²) in [5, 5.41) is 6.88. The molecule has 1 aliphatic heterocycles. The number of nitrogens with one attached hydrogen (secondary N) is 1. The number of nitrogens with zero attached hydrogens (tertiary/aromatic N) is 4. The number of amides is 1. The average Bonchev–Trinajstić information content (AvgIpc) is 2.99. The lowest BCUT2D eigenvalue weighted by atomic mass is 9.99. The Hall–Kier alpha value is -2.44. The third kappa shape index (κ3) is 3.49. The van der Waals surface area contributed by atoms with E-state index in [-0.39, 0.29) is 5.91 Å². The van der Waals surface area contributed by atoms with Crippen molar-refractivity contribution >= 4 is 17.5 Å². The molecule has 1 amide bonds. The largest absolute Gasteiger partial charge is 0.360 e. The summed E-state index contributed by atoms with van der Waals surface area (Å²) in [7, 11) is 0. The molecular formula is C16H21N5O2. The molecule has 1 atom stereocenters. The Kier molecular flexibility index (Phi) is 4.55. The van der Waals surface area contributed by atoms with Crippen LogP contribution in [0.25, 0.3) is 0 Å². The third-order valence-corrected chi connectivity index (χ3v) is 4.13. The van der Waals surface area contributed by atoms with Gasteiger partial charge in [-0.15, -0.1) is 0 Å². The third-order valence-electron chi connectivity index (χ3n) is 4.13. The minimum Gasteiger partial charge on any atom is -0.360 e.